The second-order valence-corrected chi connectivity index (χ2v) is 12.1. The van der Waals surface area contributed by atoms with Gasteiger partial charge < -0.3 is 15.6 Å². The number of esters is 1. The average Bonchev–Trinajstić information content (AvgIpc) is 2.71. The van der Waals surface area contributed by atoms with Crippen molar-refractivity contribution in [3.8, 4) is 0 Å². The molecule has 0 saturated heterocycles. The Balaban J connectivity index is 0.000000215. The van der Waals surface area contributed by atoms with E-state index in [1.54, 1.807) is 6.07 Å². The van der Waals surface area contributed by atoms with Gasteiger partial charge in [0.2, 0.25) is 6.10 Å². The smallest absolute Gasteiger partial charge is 0.346 e. The number of carboxylic acids is 1. The van der Waals surface area contributed by atoms with Gasteiger partial charge in [0.05, 0.1) is 10.8 Å². The molecular formula is C23H33NO6S2. The molecule has 4 aliphatic rings. The number of hydrogen-bond donors (Lipinski definition) is 3. The number of aliphatic carboxylic acids is 1. The van der Waals surface area contributed by atoms with E-state index in [0.29, 0.717) is 5.54 Å². The van der Waals surface area contributed by atoms with Crippen LogP contribution in [0, 0.1) is 23.7 Å². The maximum absolute atomic E-state index is 12.1. The van der Waals surface area contributed by atoms with Crippen LogP contribution in [0.1, 0.15) is 45.4 Å². The Hall–Kier alpha value is -1.58. The standard InChI is InChI=1S/C13H16O6S2.C10H17N/c1-9(7-20)13(16)19-11(12(14)15)8-21(17,18)10-5-3-2-4-6-10;11-10-4-7-1-8(5-10)3-9(2-7)6-10/h2-6,9,11,20H,7-8H2,1H3,(H,14,15);7-9H,1-6,11H2/t9-,11+;/m1./s1. The highest BCUT2D eigenvalue weighted by molar-refractivity contribution is 7.91. The van der Waals surface area contributed by atoms with Gasteiger partial charge in [-0.1, -0.05) is 25.1 Å². The van der Waals surface area contributed by atoms with Crippen molar-refractivity contribution in [2.45, 2.75) is 62.0 Å². The molecule has 0 radical (unpaired) electrons. The first-order chi connectivity index (χ1) is 15.0. The van der Waals surface area contributed by atoms with Crippen LogP contribution in [0.15, 0.2) is 35.2 Å². The summed E-state index contributed by atoms with van der Waals surface area (Å²) in [6.45, 7) is 1.51. The van der Waals surface area contributed by atoms with Crippen LogP contribution in [0.3, 0.4) is 0 Å². The molecule has 0 aromatic heterocycles. The van der Waals surface area contributed by atoms with Crippen LogP contribution in [-0.4, -0.2) is 48.6 Å². The Bertz CT molecular complexity index is 882. The molecule has 0 amide bonds. The molecule has 0 heterocycles. The predicted molar refractivity (Wildman–Crippen MR) is 124 cm³/mol. The van der Waals surface area contributed by atoms with Gasteiger partial charge in [-0.15, -0.1) is 0 Å². The van der Waals surface area contributed by atoms with Gasteiger partial charge >= 0.3 is 11.9 Å². The minimum Gasteiger partial charge on any atom is -0.478 e. The van der Waals surface area contributed by atoms with E-state index in [1.807, 2.05) is 0 Å². The summed E-state index contributed by atoms with van der Waals surface area (Å²) in [6.07, 6.45) is 6.82. The molecule has 178 valence electrons. The Labute approximate surface area is 195 Å². The number of carbonyl (C=O) groups excluding carboxylic acids is 1. The minimum atomic E-state index is -3.86. The van der Waals surface area contributed by atoms with Crippen molar-refractivity contribution in [1.29, 1.82) is 0 Å². The first-order valence-corrected chi connectivity index (χ1v) is 13.4. The molecule has 1 aromatic rings. The average molecular weight is 484 g/mol. The normalized spacial score (nSPS) is 30.0. The molecule has 9 heteroatoms. The zero-order valence-electron chi connectivity index (χ0n) is 18.4. The third-order valence-electron chi connectivity index (χ3n) is 6.77. The molecule has 1 aromatic carbocycles. The van der Waals surface area contributed by atoms with Gasteiger partial charge in [0, 0.05) is 11.3 Å². The van der Waals surface area contributed by atoms with E-state index in [0.717, 1.165) is 17.8 Å². The third kappa shape index (κ3) is 6.26. The van der Waals surface area contributed by atoms with Crippen molar-refractivity contribution in [2.75, 3.05) is 11.5 Å². The summed E-state index contributed by atoms with van der Waals surface area (Å²) >= 11 is 3.91. The number of benzene rings is 1. The number of sulfone groups is 1. The molecule has 32 heavy (non-hydrogen) atoms. The number of ether oxygens (including phenoxy) is 1. The van der Waals surface area contributed by atoms with Crippen molar-refractivity contribution < 1.29 is 27.9 Å². The Morgan fingerprint density at radius 1 is 1.12 bits per heavy atom. The number of nitrogens with two attached hydrogens (primary N) is 1. The van der Waals surface area contributed by atoms with Crippen molar-refractivity contribution in [1.82, 2.24) is 0 Å². The van der Waals surface area contributed by atoms with Crippen LogP contribution >= 0.6 is 12.6 Å². The van der Waals surface area contributed by atoms with Gasteiger partial charge in [-0.3, -0.25) is 4.79 Å². The second-order valence-electron chi connectivity index (χ2n) is 9.72. The highest BCUT2D eigenvalue weighted by atomic mass is 32.2. The Kier molecular flexibility index (Phi) is 7.93. The summed E-state index contributed by atoms with van der Waals surface area (Å²) in [5, 5.41) is 9.03. The Morgan fingerprint density at radius 2 is 1.62 bits per heavy atom. The van der Waals surface area contributed by atoms with E-state index in [2.05, 4.69) is 12.6 Å². The summed E-state index contributed by atoms with van der Waals surface area (Å²) < 4.78 is 29.0. The lowest BCUT2D eigenvalue weighted by Gasteiger charge is -2.55. The molecule has 3 N–H and O–H groups in total. The largest absolute Gasteiger partial charge is 0.478 e. The number of rotatable bonds is 7. The highest BCUT2D eigenvalue weighted by Crippen LogP contribution is 2.54. The zero-order chi connectivity index (χ0) is 23.5. The molecule has 4 bridgehead atoms. The van der Waals surface area contributed by atoms with E-state index in [-0.39, 0.29) is 10.6 Å². The maximum Gasteiger partial charge on any atom is 0.346 e. The maximum atomic E-state index is 12.1. The Morgan fingerprint density at radius 3 is 2.03 bits per heavy atom. The van der Waals surface area contributed by atoms with Crippen LogP contribution in [0.25, 0.3) is 0 Å². The number of thiol groups is 1. The fraction of sp³-hybridized carbons (Fsp3) is 0.652. The minimum absolute atomic E-state index is 0.0189. The molecule has 4 fully saturated rings. The van der Waals surface area contributed by atoms with Gasteiger partial charge in [0.1, 0.15) is 5.75 Å². The lowest BCUT2D eigenvalue weighted by Crippen LogP contribution is -2.55. The van der Waals surface area contributed by atoms with Crippen LogP contribution in [-0.2, 0) is 24.2 Å². The lowest BCUT2D eigenvalue weighted by molar-refractivity contribution is -0.164. The summed E-state index contributed by atoms with van der Waals surface area (Å²) in [6, 6.07) is 7.40. The summed E-state index contributed by atoms with van der Waals surface area (Å²) in [5.41, 5.74) is 6.62. The summed E-state index contributed by atoms with van der Waals surface area (Å²) in [4.78, 5) is 22.7. The van der Waals surface area contributed by atoms with E-state index in [1.165, 1.54) is 69.7 Å². The first-order valence-electron chi connectivity index (χ1n) is 11.1. The van der Waals surface area contributed by atoms with E-state index in [4.69, 9.17) is 15.6 Å². The van der Waals surface area contributed by atoms with Crippen LogP contribution < -0.4 is 5.73 Å². The SMILES string of the molecule is C[C@H](CS)C(=O)O[C@@H](CS(=O)(=O)c1ccccc1)C(=O)O.NC12CC3CC(CC(C3)C1)C2. The molecule has 5 rings (SSSR count). The molecule has 0 aliphatic heterocycles. The fourth-order valence-electron chi connectivity index (χ4n) is 5.59. The van der Waals surface area contributed by atoms with Crippen LogP contribution in [0.5, 0.6) is 0 Å². The van der Waals surface area contributed by atoms with Gasteiger partial charge in [0.25, 0.3) is 0 Å². The van der Waals surface area contributed by atoms with Crippen molar-refractivity contribution in [3.05, 3.63) is 30.3 Å². The molecule has 0 unspecified atom stereocenters. The molecule has 7 nitrogen and oxygen atoms in total. The van der Waals surface area contributed by atoms with E-state index < -0.39 is 39.6 Å². The van der Waals surface area contributed by atoms with Crippen molar-refractivity contribution in [3.63, 3.8) is 0 Å². The summed E-state index contributed by atoms with van der Waals surface area (Å²) in [7, 11) is -3.86. The summed E-state index contributed by atoms with van der Waals surface area (Å²) in [5.74, 6) is -0.484. The van der Waals surface area contributed by atoms with Crippen LogP contribution in [0.2, 0.25) is 0 Å². The van der Waals surface area contributed by atoms with Gasteiger partial charge in [-0.25, -0.2) is 13.2 Å². The monoisotopic (exact) mass is 483 g/mol. The predicted octanol–water partition coefficient (Wildman–Crippen LogP) is 2.94. The molecular weight excluding hydrogens is 450 g/mol. The van der Waals surface area contributed by atoms with Crippen molar-refractivity contribution in [2.24, 2.45) is 29.4 Å². The molecule has 0 spiro atoms. The quantitative estimate of drug-likeness (QED) is 0.402. The van der Waals surface area contributed by atoms with Gasteiger partial charge in [-0.05, 0) is 68.4 Å². The van der Waals surface area contributed by atoms with E-state index in [9.17, 15) is 18.0 Å². The molecule has 4 aliphatic carbocycles. The number of carbonyl (C=O) groups is 2. The zero-order valence-corrected chi connectivity index (χ0v) is 20.1. The van der Waals surface area contributed by atoms with E-state index >= 15 is 0 Å². The first kappa shape index (κ1) is 25.1. The van der Waals surface area contributed by atoms with Gasteiger partial charge in [-0.2, -0.15) is 12.6 Å². The third-order valence-corrected chi connectivity index (χ3v) is 9.05. The second kappa shape index (κ2) is 10.1. The number of hydrogen-bond acceptors (Lipinski definition) is 7. The molecule has 2 atom stereocenters. The van der Waals surface area contributed by atoms with Crippen molar-refractivity contribution >= 4 is 34.4 Å². The molecule has 4 saturated carbocycles. The lowest BCUT2D eigenvalue weighted by atomic mass is 9.53. The number of carboxylic acid groups (broad SMARTS) is 1. The van der Waals surface area contributed by atoms with Crippen LogP contribution in [0.4, 0.5) is 0 Å². The van der Waals surface area contributed by atoms with Gasteiger partial charge in [0.15, 0.2) is 9.84 Å². The topological polar surface area (TPSA) is 124 Å². The fourth-order valence-corrected chi connectivity index (χ4v) is 7.11. The highest BCUT2D eigenvalue weighted by Gasteiger charge is 2.48.